The van der Waals surface area contributed by atoms with Crippen LogP contribution in [0.4, 0.5) is 0 Å². The molecule has 0 aliphatic heterocycles. The van der Waals surface area contributed by atoms with Gasteiger partial charge in [0.15, 0.2) is 12.7 Å². The summed E-state index contributed by atoms with van der Waals surface area (Å²) in [5.74, 6) is -0.581. The number of carbonyl (C=O) groups excluding carboxylic acids is 2. The average Bonchev–Trinajstić information content (AvgIpc) is 2.66. The Kier molecular flexibility index (Phi) is 6.75. The fraction of sp³-hybridized carbons (Fsp3) is 0.250. The number of rotatable bonds is 7. The number of carbonyl (C=O) groups is 2. The van der Waals surface area contributed by atoms with Gasteiger partial charge in [-0.1, -0.05) is 29.8 Å². The van der Waals surface area contributed by atoms with Crippen LogP contribution in [0.25, 0.3) is 0 Å². The number of hydrogen-bond donors (Lipinski definition) is 1. The minimum atomic E-state index is -0.919. The summed E-state index contributed by atoms with van der Waals surface area (Å²) in [4.78, 5) is 23.8. The summed E-state index contributed by atoms with van der Waals surface area (Å²) in [6, 6.07) is 16.1. The second kappa shape index (κ2) is 9.23. The molecular formula is C20H20N2O4. The molecule has 0 saturated carbocycles. The largest absolute Gasteiger partial charge is 0.482 e. The highest BCUT2D eigenvalue weighted by molar-refractivity contribution is 5.83. The first kappa shape index (κ1) is 19.0. The summed E-state index contributed by atoms with van der Waals surface area (Å²) in [5.41, 5.74) is 2.61. The van der Waals surface area contributed by atoms with Crippen LogP contribution in [0.3, 0.4) is 0 Å². The van der Waals surface area contributed by atoms with E-state index in [4.69, 9.17) is 14.7 Å². The third kappa shape index (κ3) is 5.95. The van der Waals surface area contributed by atoms with Crippen LogP contribution < -0.4 is 10.1 Å². The predicted octanol–water partition coefficient (Wildman–Crippen LogP) is 2.49. The Morgan fingerprint density at radius 3 is 2.38 bits per heavy atom. The molecule has 0 aliphatic rings. The zero-order valence-corrected chi connectivity index (χ0v) is 14.7. The van der Waals surface area contributed by atoms with E-state index in [9.17, 15) is 9.59 Å². The van der Waals surface area contributed by atoms with Gasteiger partial charge in [-0.05, 0) is 43.7 Å². The van der Waals surface area contributed by atoms with Crippen molar-refractivity contribution in [3.05, 3.63) is 65.2 Å². The second-order valence-corrected chi connectivity index (χ2v) is 5.76. The molecule has 0 aliphatic carbocycles. The normalized spacial score (nSPS) is 11.1. The second-order valence-electron chi connectivity index (χ2n) is 5.76. The van der Waals surface area contributed by atoms with Crippen LogP contribution in [0, 0.1) is 18.3 Å². The van der Waals surface area contributed by atoms with Gasteiger partial charge in [-0.3, -0.25) is 4.79 Å². The molecule has 0 heterocycles. The third-order valence-electron chi connectivity index (χ3n) is 3.60. The zero-order chi connectivity index (χ0) is 18.9. The minimum absolute atomic E-state index is 0.318. The van der Waals surface area contributed by atoms with Crippen molar-refractivity contribution in [3.63, 3.8) is 0 Å². The maximum absolute atomic E-state index is 12.0. The van der Waals surface area contributed by atoms with Crippen molar-refractivity contribution in [1.82, 2.24) is 5.32 Å². The molecule has 0 fully saturated rings. The number of nitriles is 1. The fourth-order valence-corrected chi connectivity index (χ4v) is 2.09. The van der Waals surface area contributed by atoms with Crippen LogP contribution in [0.2, 0.25) is 0 Å². The highest BCUT2D eigenvalue weighted by Crippen LogP contribution is 2.11. The van der Waals surface area contributed by atoms with Crippen molar-refractivity contribution in [3.8, 4) is 11.8 Å². The Bertz CT molecular complexity index is 792. The number of nitrogens with zero attached hydrogens (tertiary/aromatic N) is 1. The van der Waals surface area contributed by atoms with Crippen molar-refractivity contribution in [1.29, 1.82) is 5.26 Å². The Morgan fingerprint density at radius 1 is 1.12 bits per heavy atom. The molecule has 6 nitrogen and oxygen atoms in total. The molecule has 2 rings (SSSR count). The Hall–Kier alpha value is -3.33. The molecule has 0 saturated heterocycles. The lowest BCUT2D eigenvalue weighted by atomic mass is 10.1. The van der Waals surface area contributed by atoms with E-state index in [2.05, 4.69) is 5.32 Å². The summed E-state index contributed by atoms with van der Waals surface area (Å²) in [6.07, 6.45) is -0.919. The van der Waals surface area contributed by atoms with Crippen LogP contribution in [0.15, 0.2) is 48.5 Å². The van der Waals surface area contributed by atoms with Gasteiger partial charge >= 0.3 is 5.97 Å². The van der Waals surface area contributed by atoms with Crippen molar-refractivity contribution in [2.75, 3.05) is 6.61 Å². The average molecular weight is 352 g/mol. The standard InChI is InChI=1S/C20H20N2O4/c1-14-3-5-17(6-4-14)12-22-20(24)15(2)26-19(23)13-25-18-9-7-16(11-21)8-10-18/h3-10,15H,12-13H2,1-2H3,(H,22,24). The van der Waals surface area contributed by atoms with E-state index in [1.165, 1.54) is 6.92 Å². The molecule has 2 aromatic carbocycles. The van der Waals surface area contributed by atoms with E-state index in [1.807, 2.05) is 37.3 Å². The lowest BCUT2D eigenvalue weighted by Crippen LogP contribution is -2.36. The highest BCUT2D eigenvalue weighted by Gasteiger charge is 2.17. The number of aryl methyl sites for hydroxylation is 1. The summed E-state index contributed by atoms with van der Waals surface area (Å²) in [7, 11) is 0. The van der Waals surface area contributed by atoms with Crippen molar-refractivity contribution in [2.24, 2.45) is 0 Å². The number of nitrogens with one attached hydrogen (secondary N) is 1. The van der Waals surface area contributed by atoms with Crippen LogP contribution >= 0.6 is 0 Å². The molecule has 1 N–H and O–H groups in total. The Morgan fingerprint density at radius 2 is 1.77 bits per heavy atom. The summed E-state index contributed by atoms with van der Waals surface area (Å²) in [5, 5.41) is 11.4. The minimum Gasteiger partial charge on any atom is -0.482 e. The number of benzene rings is 2. The number of hydrogen-bond acceptors (Lipinski definition) is 5. The van der Waals surface area contributed by atoms with Gasteiger partial charge in [-0.2, -0.15) is 5.26 Å². The molecular weight excluding hydrogens is 332 g/mol. The molecule has 0 spiro atoms. The zero-order valence-electron chi connectivity index (χ0n) is 14.7. The topological polar surface area (TPSA) is 88.4 Å². The lowest BCUT2D eigenvalue weighted by Gasteiger charge is -2.14. The summed E-state index contributed by atoms with van der Waals surface area (Å²) >= 11 is 0. The Balaban J connectivity index is 1.73. The van der Waals surface area contributed by atoms with Gasteiger partial charge < -0.3 is 14.8 Å². The van der Waals surface area contributed by atoms with Gasteiger partial charge in [0.05, 0.1) is 11.6 Å². The SMILES string of the molecule is Cc1ccc(CNC(=O)C(C)OC(=O)COc2ccc(C#N)cc2)cc1. The van der Waals surface area contributed by atoms with Gasteiger partial charge in [-0.25, -0.2) is 4.79 Å². The molecule has 0 bridgehead atoms. The van der Waals surface area contributed by atoms with E-state index in [0.717, 1.165) is 11.1 Å². The van der Waals surface area contributed by atoms with Gasteiger partial charge in [-0.15, -0.1) is 0 Å². The molecule has 0 radical (unpaired) electrons. The maximum atomic E-state index is 12.0. The van der Waals surface area contributed by atoms with Gasteiger partial charge in [0.1, 0.15) is 5.75 Å². The van der Waals surface area contributed by atoms with Crippen LogP contribution in [-0.4, -0.2) is 24.6 Å². The van der Waals surface area contributed by atoms with Crippen LogP contribution in [0.1, 0.15) is 23.6 Å². The summed E-state index contributed by atoms with van der Waals surface area (Å²) < 4.78 is 10.3. The summed E-state index contributed by atoms with van der Waals surface area (Å²) in [6.45, 7) is 3.54. The highest BCUT2D eigenvalue weighted by atomic mass is 16.6. The van der Waals surface area contributed by atoms with Crippen LogP contribution in [0.5, 0.6) is 5.75 Å². The smallest absolute Gasteiger partial charge is 0.344 e. The predicted molar refractivity (Wildman–Crippen MR) is 95.2 cm³/mol. The van der Waals surface area contributed by atoms with Crippen molar-refractivity contribution >= 4 is 11.9 Å². The van der Waals surface area contributed by atoms with Crippen molar-refractivity contribution in [2.45, 2.75) is 26.5 Å². The Labute approximate surface area is 152 Å². The van der Waals surface area contributed by atoms with E-state index in [0.29, 0.717) is 17.9 Å². The number of ether oxygens (including phenoxy) is 2. The van der Waals surface area contributed by atoms with E-state index >= 15 is 0 Å². The van der Waals surface area contributed by atoms with Gasteiger partial charge in [0, 0.05) is 6.54 Å². The molecule has 2 aromatic rings. The lowest BCUT2D eigenvalue weighted by molar-refractivity contribution is -0.156. The monoisotopic (exact) mass is 352 g/mol. The molecule has 26 heavy (non-hydrogen) atoms. The maximum Gasteiger partial charge on any atom is 0.344 e. The molecule has 1 amide bonds. The molecule has 1 unspecified atom stereocenters. The first-order valence-corrected chi connectivity index (χ1v) is 8.13. The number of esters is 1. The van der Waals surface area contributed by atoms with Crippen LogP contribution in [-0.2, 0) is 20.9 Å². The molecule has 0 aromatic heterocycles. The third-order valence-corrected chi connectivity index (χ3v) is 3.60. The quantitative estimate of drug-likeness (QED) is 0.774. The van der Waals surface area contributed by atoms with E-state index < -0.39 is 12.1 Å². The number of amides is 1. The van der Waals surface area contributed by atoms with Gasteiger partial charge in [0.25, 0.3) is 5.91 Å². The van der Waals surface area contributed by atoms with Gasteiger partial charge in [0.2, 0.25) is 0 Å². The molecule has 134 valence electrons. The molecule has 1 atom stereocenters. The first-order valence-electron chi connectivity index (χ1n) is 8.13. The fourth-order valence-electron chi connectivity index (χ4n) is 2.09. The van der Waals surface area contributed by atoms with E-state index in [-0.39, 0.29) is 12.5 Å². The van der Waals surface area contributed by atoms with E-state index in [1.54, 1.807) is 24.3 Å². The van der Waals surface area contributed by atoms with Crippen molar-refractivity contribution < 1.29 is 19.1 Å². The molecule has 6 heteroatoms. The first-order chi connectivity index (χ1) is 12.5.